The van der Waals surface area contributed by atoms with Gasteiger partial charge < -0.3 is 9.64 Å². The second kappa shape index (κ2) is 6.66. The maximum Gasteiger partial charge on any atom is 0.272 e. The van der Waals surface area contributed by atoms with Gasteiger partial charge in [0.1, 0.15) is 5.69 Å². The van der Waals surface area contributed by atoms with E-state index in [1.807, 2.05) is 19.1 Å². The second-order valence-electron chi connectivity index (χ2n) is 7.22. The van der Waals surface area contributed by atoms with Crippen molar-refractivity contribution in [1.82, 2.24) is 14.2 Å². The van der Waals surface area contributed by atoms with E-state index in [1.54, 1.807) is 18.2 Å². The molecule has 3 rings (SSSR count). The van der Waals surface area contributed by atoms with Crippen molar-refractivity contribution < 1.29 is 17.9 Å². The molecule has 2 atom stereocenters. The number of hydrogen-bond donors (Lipinski definition) is 0. The summed E-state index contributed by atoms with van der Waals surface area (Å²) in [6.45, 7) is 4.41. The molecule has 138 valence electrons. The van der Waals surface area contributed by atoms with Crippen LogP contribution in [0, 0.1) is 18.3 Å². The summed E-state index contributed by atoms with van der Waals surface area (Å²) in [5, 5.41) is 0. The van der Waals surface area contributed by atoms with Gasteiger partial charge in [-0.05, 0) is 30.9 Å². The number of ether oxygens (including phenoxy) is 1. The Morgan fingerprint density at radius 1 is 1.44 bits per heavy atom. The first-order chi connectivity index (χ1) is 11.8. The third kappa shape index (κ3) is 3.43. The number of amides is 1. The smallest absolute Gasteiger partial charge is 0.272 e. The Balaban J connectivity index is 1.82. The van der Waals surface area contributed by atoms with Gasteiger partial charge in [-0.15, -0.1) is 0 Å². The number of sulfonamides is 1. The van der Waals surface area contributed by atoms with Gasteiger partial charge in [-0.1, -0.05) is 6.07 Å². The third-order valence-electron chi connectivity index (χ3n) is 5.50. The zero-order chi connectivity index (χ0) is 18.2. The Morgan fingerprint density at radius 3 is 2.84 bits per heavy atom. The Labute approximate surface area is 149 Å². The zero-order valence-electron chi connectivity index (χ0n) is 14.9. The molecule has 0 N–H and O–H groups in total. The van der Waals surface area contributed by atoms with Crippen LogP contribution in [0.15, 0.2) is 18.3 Å². The fraction of sp³-hybridized carbons (Fsp3) is 0.647. The van der Waals surface area contributed by atoms with E-state index in [2.05, 4.69) is 4.98 Å². The molecule has 2 fully saturated rings. The van der Waals surface area contributed by atoms with Crippen LogP contribution >= 0.6 is 0 Å². The van der Waals surface area contributed by atoms with Crippen LogP contribution in [-0.4, -0.2) is 74.7 Å². The van der Waals surface area contributed by atoms with Crippen LogP contribution in [0.25, 0.3) is 0 Å². The molecule has 2 unspecified atom stereocenters. The normalized spacial score (nSPS) is 27.3. The fourth-order valence-electron chi connectivity index (χ4n) is 4.05. The number of nitrogens with zero attached hydrogens (tertiary/aromatic N) is 3. The molecular formula is C17H25N3O4S. The number of pyridine rings is 1. The number of methoxy groups -OCH3 is 1. The highest BCUT2D eigenvalue weighted by molar-refractivity contribution is 7.88. The van der Waals surface area contributed by atoms with Crippen molar-refractivity contribution >= 4 is 15.9 Å². The van der Waals surface area contributed by atoms with Crippen molar-refractivity contribution in [3.05, 3.63) is 29.6 Å². The minimum absolute atomic E-state index is 0.0730. The molecule has 0 aliphatic carbocycles. The van der Waals surface area contributed by atoms with Crippen molar-refractivity contribution in [3.8, 4) is 0 Å². The molecule has 0 saturated carbocycles. The number of aromatic nitrogens is 1. The van der Waals surface area contributed by atoms with Gasteiger partial charge in [0.2, 0.25) is 10.0 Å². The van der Waals surface area contributed by atoms with Gasteiger partial charge >= 0.3 is 0 Å². The minimum Gasteiger partial charge on any atom is -0.384 e. The first kappa shape index (κ1) is 18.3. The quantitative estimate of drug-likeness (QED) is 0.785. The molecule has 0 bridgehead atoms. The predicted molar refractivity (Wildman–Crippen MR) is 93.7 cm³/mol. The molecule has 3 heterocycles. The monoisotopic (exact) mass is 367 g/mol. The highest BCUT2D eigenvalue weighted by Crippen LogP contribution is 2.44. The van der Waals surface area contributed by atoms with E-state index in [1.165, 1.54) is 10.6 Å². The zero-order valence-corrected chi connectivity index (χ0v) is 15.8. The molecular weight excluding hydrogens is 342 g/mol. The summed E-state index contributed by atoms with van der Waals surface area (Å²) in [6.07, 6.45) is 3.60. The van der Waals surface area contributed by atoms with Crippen LogP contribution in [0.4, 0.5) is 0 Å². The van der Waals surface area contributed by atoms with Crippen LogP contribution in [0.3, 0.4) is 0 Å². The Bertz CT molecular complexity index is 767. The van der Waals surface area contributed by atoms with Crippen LogP contribution in [-0.2, 0) is 14.8 Å². The first-order valence-corrected chi connectivity index (χ1v) is 10.3. The molecule has 1 amide bonds. The lowest BCUT2D eigenvalue weighted by Crippen LogP contribution is -2.51. The van der Waals surface area contributed by atoms with Crippen molar-refractivity contribution in [3.63, 3.8) is 0 Å². The van der Waals surface area contributed by atoms with E-state index in [0.717, 1.165) is 12.0 Å². The number of likely N-dealkylation sites (tertiary alicyclic amines) is 1. The highest BCUT2D eigenvalue weighted by Gasteiger charge is 2.52. The number of piperidine rings is 1. The molecule has 2 aliphatic rings. The summed E-state index contributed by atoms with van der Waals surface area (Å²) < 4.78 is 30.9. The lowest BCUT2D eigenvalue weighted by atomic mass is 9.73. The Kier molecular flexibility index (Phi) is 4.87. The van der Waals surface area contributed by atoms with Gasteiger partial charge in [-0.2, -0.15) is 0 Å². The maximum absolute atomic E-state index is 12.9. The summed E-state index contributed by atoms with van der Waals surface area (Å²) in [6, 6.07) is 3.69. The molecule has 8 heteroatoms. The van der Waals surface area contributed by atoms with Gasteiger partial charge in [0, 0.05) is 44.9 Å². The molecule has 7 nitrogen and oxygen atoms in total. The summed E-state index contributed by atoms with van der Waals surface area (Å²) in [7, 11) is -1.61. The predicted octanol–water partition coefficient (Wildman–Crippen LogP) is 0.760. The number of rotatable bonds is 4. The lowest BCUT2D eigenvalue weighted by molar-refractivity contribution is 0.00320. The van der Waals surface area contributed by atoms with Gasteiger partial charge in [-0.25, -0.2) is 12.7 Å². The van der Waals surface area contributed by atoms with E-state index in [-0.39, 0.29) is 17.2 Å². The van der Waals surface area contributed by atoms with Crippen molar-refractivity contribution in [2.75, 3.05) is 46.2 Å². The van der Waals surface area contributed by atoms with Crippen LogP contribution in [0.2, 0.25) is 0 Å². The standard InChI is InChI=1S/C17H25N3O4S/c1-13-5-4-7-18-15(13)16(21)19-8-6-17(12-24-2)11-20(25(3,22)23)10-14(17)9-19/h4-5,7,14H,6,8-12H2,1-3H3. The Hall–Kier alpha value is -1.51. The molecule has 1 aromatic heterocycles. The molecule has 0 radical (unpaired) electrons. The van der Waals surface area contributed by atoms with Crippen molar-refractivity contribution in [2.45, 2.75) is 13.3 Å². The number of carbonyl (C=O) groups is 1. The van der Waals surface area contributed by atoms with E-state index < -0.39 is 10.0 Å². The highest BCUT2D eigenvalue weighted by atomic mass is 32.2. The summed E-state index contributed by atoms with van der Waals surface area (Å²) in [5.74, 6) is -0.00850. The van der Waals surface area contributed by atoms with Gasteiger partial charge in [0.25, 0.3) is 5.91 Å². The maximum atomic E-state index is 12.9. The topological polar surface area (TPSA) is 79.8 Å². The van der Waals surface area contributed by atoms with Crippen molar-refractivity contribution in [1.29, 1.82) is 0 Å². The summed E-state index contributed by atoms with van der Waals surface area (Å²) >= 11 is 0. The fourth-order valence-corrected chi connectivity index (χ4v) is 5.00. The van der Waals surface area contributed by atoms with Gasteiger partial charge in [0.05, 0.1) is 12.9 Å². The number of hydrogen-bond acceptors (Lipinski definition) is 5. The summed E-state index contributed by atoms with van der Waals surface area (Å²) in [5.41, 5.74) is 1.11. The lowest BCUT2D eigenvalue weighted by Gasteiger charge is -2.43. The minimum atomic E-state index is -3.25. The van der Waals surface area contributed by atoms with E-state index in [9.17, 15) is 13.2 Å². The average molecular weight is 367 g/mol. The number of carbonyl (C=O) groups excluding carboxylic acids is 1. The Morgan fingerprint density at radius 2 is 2.20 bits per heavy atom. The summed E-state index contributed by atoms with van der Waals surface area (Å²) in [4.78, 5) is 18.9. The first-order valence-electron chi connectivity index (χ1n) is 8.42. The SMILES string of the molecule is COCC12CCN(C(=O)c3ncccc3C)CC1CN(S(C)(=O)=O)C2. The van der Waals surface area contributed by atoms with Crippen LogP contribution in [0.1, 0.15) is 22.5 Å². The van der Waals surface area contributed by atoms with Crippen molar-refractivity contribution in [2.24, 2.45) is 11.3 Å². The van der Waals surface area contributed by atoms with Gasteiger partial charge in [-0.3, -0.25) is 9.78 Å². The van der Waals surface area contributed by atoms with E-state index >= 15 is 0 Å². The van der Waals surface area contributed by atoms with E-state index in [0.29, 0.717) is 38.5 Å². The second-order valence-corrected chi connectivity index (χ2v) is 9.20. The average Bonchev–Trinajstić information content (AvgIpc) is 2.94. The molecule has 1 aromatic rings. The molecule has 2 aliphatic heterocycles. The molecule has 0 spiro atoms. The van der Waals surface area contributed by atoms with E-state index in [4.69, 9.17) is 4.74 Å². The number of fused-ring (bicyclic) bond motifs is 1. The third-order valence-corrected chi connectivity index (χ3v) is 6.72. The molecule has 25 heavy (non-hydrogen) atoms. The molecule has 0 aromatic carbocycles. The molecule has 2 saturated heterocycles. The largest absolute Gasteiger partial charge is 0.384 e. The van der Waals surface area contributed by atoms with Crippen LogP contribution in [0.5, 0.6) is 0 Å². The van der Waals surface area contributed by atoms with Gasteiger partial charge in [0.15, 0.2) is 0 Å². The van der Waals surface area contributed by atoms with Crippen LogP contribution < -0.4 is 0 Å². The number of aryl methyl sites for hydroxylation is 1.